The summed E-state index contributed by atoms with van der Waals surface area (Å²) in [5, 5.41) is 1.11. The zero-order chi connectivity index (χ0) is 9.42. The van der Waals surface area contributed by atoms with E-state index in [1.165, 1.54) is 11.3 Å². The third-order valence-corrected chi connectivity index (χ3v) is 2.88. The number of hydrogen-bond acceptors (Lipinski definition) is 4. The monoisotopic (exact) mass is 214 g/mol. The van der Waals surface area contributed by atoms with Crippen LogP contribution < -0.4 is 10.5 Å². The summed E-state index contributed by atoms with van der Waals surface area (Å²) in [6, 6.07) is 3.58. The van der Waals surface area contributed by atoms with Gasteiger partial charge in [-0.25, -0.2) is 4.98 Å². The molecule has 0 aliphatic rings. The molecule has 5 heteroatoms. The molecule has 0 saturated heterocycles. The van der Waals surface area contributed by atoms with Crippen LogP contribution in [0.3, 0.4) is 0 Å². The zero-order valence-corrected chi connectivity index (χ0v) is 8.45. The van der Waals surface area contributed by atoms with Crippen LogP contribution >= 0.6 is 22.9 Å². The molecule has 0 saturated carbocycles. The van der Waals surface area contributed by atoms with E-state index in [-0.39, 0.29) is 0 Å². The van der Waals surface area contributed by atoms with Crippen LogP contribution in [0.25, 0.3) is 10.2 Å². The lowest BCUT2D eigenvalue weighted by Crippen LogP contribution is -1.83. The smallest absolute Gasteiger partial charge is 0.181 e. The minimum atomic E-state index is 0.524. The molecule has 0 bridgehead atoms. The number of nitrogens with two attached hydrogens (primary N) is 1. The average Bonchev–Trinajstić information content (AvgIpc) is 2.45. The highest BCUT2D eigenvalue weighted by molar-refractivity contribution is 7.22. The van der Waals surface area contributed by atoms with Crippen molar-refractivity contribution in [3.8, 4) is 5.75 Å². The second-order valence-corrected chi connectivity index (χ2v) is 3.92. The molecule has 1 heterocycles. The van der Waals surface area contributed by atoms with Crippen molar-refractivity contribution in [1.29, 1.82) is 0 Å². The van der Waals surface area contributed by atoms with Crippen molar-refractivity contribution in [1.82, 2.24) is 4.98 Å². The third-order valence-electron chi connectivity index (χ3n) is 1.68. The van der Waals surface area contributed by atoms with E-state index in [0.29, 0.717) is 15.9 Å². The first-order valence-corrected chi connectivity index (χ1v) is 4.80. The lowest BCUT2D eigenvalue weighted by atomic mass is 10.3. The first-order chi connectivity index (χ1) is 6.22. The van der Waals surface area contributed by atoms with Crippen LogP contribution in [0.2, 0.25) is 5.02 Å². The highest BCUT2D eigenvalue weighted by atomic mass is 35.5. The standard InChI is InChI=1S/C8H7ClN2OS/c1-12-6-4(9)2-3-5-7(6)13-8(10)11-5/h2-3H,1H3,(H2,10,11). The summed E-state index contributed by atoms with van der Waals surface area (Å²) in [5.74, 6) is 0.647. The number of nitrogen functional groups attached to an aromatic ring is 1. The van der Waals surface area contributed by atoms with E-state index in [1.807, 2.05) is 6.07 Å². The Morgan fingerprint density at radius 3 is 3.00 bits per heavy atom. The molecule has 0 aliphatic carbocycles. The van der Waals surface area contributed by atoms with Crippen molar-refractivity contribution in [2.24, 2.45) is 0 Å². The molecular formula is C8H7ClN2OS. The molecular weight excluding hydrogens is 208 g/mol. The van der Waals surface area contributed by atoms with Gasteiger partial charge < -0.3 is 10.5 Å². The molecule has 1 aromatic carbocycles. The van der Waals surface area contributed by atoms with E-state index in [4.69, 9.17) is 22.1 Å². The number of aromatic nitrogens is 1. The van der Waals surface area contributed by atoms with Gasteiger partial charge in [-0.2, -0.15) is 0 Å². The SMILES string of the molecule is COc1c(Cl)ccc2nc(N)sc12. The van der Waals surface area contributed by atoms with Gasteiger partial charge in [0.1, 0.15) is 0 Å². The molecule has 0 fully saturated rings. The second-order valence-electron chi connectivity index (χ2n) is 2.48. The number of fused-ring (bicyclic) bond motifs is 1. The Kier molecular flexibility index (Phi) is 2.01. The normalized spacial score (nSPS) is 10.6. The molecule has 1 aromatic heterocycles. The van der Waals surface area contributed by atoms with Crippen LogP contribution in [0.4, 0.5) is 5.13 Å². The Labute approximate surface area is 84.1 Å². The highest BCUT2D eigenvalue weighted by Crippen LogP contribution is 2.37. The maximum atomic E-state index is 5.93. The second kappa shape index (κ2) is 3.05. The van der Waals surface area contributed by atoms with Gasteiger partial charge in [-0.05, 0) is 12.1 Å². The van der Waals surface area contributed by atoms with Crippen molar-refractivity contribution in [2.75, 3.05) is 12.8 Å². The molecule has 0 atom stereocenters. The van der Waals surface area contributed by atoms with Crippen molar-refractivity contribution in [3.63, 3.8) is 0 Å². The van der Waals surface area contributed by atoms with Gasteiger partial charge in [0.05, 0.1) is 22.3 Å². The number of nitrogens with zero attached hydrogens (tertiary/aromatic N) is 1. The van der Waals surface area contributed by atoms with Crippen LogP contribution in [-0.2, 0) is 0 Å². The first kappa shape index (κ1) is 8.59. The number of rotatable bonds is 1. The minimum Gasteiger partial charge on any atom is -0.494 e. The maximum Gasteiger partial charge on any atom is 0.181 e. The summed E-state index contributed by atoms with van der Waals surface area (Å²) in [4.78, 5) is 4.12. The van der Waals surface area contributed by atoms with Crippen molar-refractivity contribution >= 4 is 38.3 Å². The van der Waals surface area contributed by atoms with Gasteiger partial charge in [0.25, 0.3) is 0 Å². The van der Waals surface area contributed by atoms with E-state index < -0.39 is 0 Å². The zero-order valence-electron chi connectivity index (χ0n) is 6.87. The lowest BCUT2D eigenvalue weighted by molar-refractivity contribution is 0.420. The molecule has 0 spiro atoms. The van der Waals surface area contributed by atoms with Crippen LogP contribution in [-0.4, -0.2) is 12.1 Å². The summed E-state index contributed by atoms with van der Waals surface area (Å²) < 4.78 is 6.05. The minimum absolute atomic E-state index is 0.524. The summed E-state index contributed by atoms with van der Waals surface area (Å²) in [6.07, 6.45) is 0. The topological polar surface area (TPSA) is 48.1 Å². The summed E-state index contributed by atoms with van der Waals surface area (Å²) in [7, 11) is 1.58. The highest BCUT2D eigenvalue weighted by Gasteiger charge is 2.10. The summed E-state index contributed by atoms with van der Waals surface area (Å²) >= 11 is 7.30. The van der Waals surface area contributed by atoms with Crippen LogP contribution in [0, 0.1) is 0 Å². The Bertz CT molecular complexity index is 455. The van der Waals surface area contributed by atoms with Gasteiger partial charge in [-0.1, -0.05) is 22.9 Å². The lowest BCUT2D eigenvalue weighted by Gasteiger charge is -2.01. The predicted molar refractivity (Wildman–Crippen MR) is 55.6 cm³/mol. The Morgan fingerprint density at radius 2 is 2.31 bits per heavy atom. The third kappa shape index (κ3) is 1.32. The summed E-state index contributed by atoms with van der Waals surface area (Å²) in [5.41, 5.74) is 6.40. The number of hydrogen-bond donors (Lipinski definition) is 1. The van der Waals surface area contributed by atoms with Gasteiger partial charge in [0.2, 0.25) is 0 Å². The fraction of sp³-hybridized carbons (Fsp3) is 0.125. The van der Waals surface area contributed by atoms with Crippen molar-refractivity contribution in [2.45, 2.75) is 0 Å². The van der Waals surface area contributed by atoms with Crippen molar-refractivity contribution in [3.05, 3.63) is 17.2 Å². The predicted octanol–water partition coefficient (Wildman–Crippen LogP) is 2.54. The molecule has 0 amide bonds. The van der Waals surface area contributed by atoms with Gasteiger partial charge in [0.15, 0.2) is 10.9 Å². The van der Waals surface area contributed by atoms with Gasteiger partial charge >= 0.3 is 0 Å². The Balaban J connectivity index is 2.82. The average molecular weight is 215 g/mol. The summed E-state index contributed by atoms with van der Waals surface area (Å²) in [6.45, 7) is 0. The number of halogens is 1. The van der Waals surface area contributed by atoms with Crippen LogP contribution in [0.1, 0.15) is 0 Å². The number of thiazole rings is 1. The number of methoxy groups -OCH3 is 1. The number of anilines is 1. The molecule has 3 nitrogen and oxygen atoms in total. The van der Waals surface area contributed by atoms with Gasteiger partial charge in [0, 0.05) is 0 Å². The van der Waals surface area contributed by atoms with Crippen molar-refractivity contribution < 1.29 is 4.74 Å². The van der Waals surface area contributed by atoms with Gasteiger partial charge in [-0.3, -0.25) is 0 Å². The van der Waals surface area contributed by atoms with E-state index >= 15 is 0 Å². The first-order valence-electron chi connectivity index (χ1n) is 3.61. The quantitative estimate of drug-likeness (QED) is 0.794. The molecule has 2 rings (SSSR count). The molecule has 2 N–H and O–H groups in total. The van der Waals surface area contributed by atoms with E-state index in [9.17, 15) is 0 Å². The fourth-order valence-electron chi connectivity index (χ4n) is 1.15. The van der Waals surface area contributed by atoms with Crippen LogP contribution in [0.15, 0.2) is 12.1 Å². The molecule has 0 aliphatic heterocycles. The Morgan fingerprint density at radius 1 is 1.54 bits per heavy atom. The number of benzene rings is 1. The molecule has 68 valence electrons. The molecule has 13 heavy (non-hydrogen) atoms. The largest absolute Gasteiger partial charge is 0.494 e. The maximum absolute atomic E-state index is 5.93. The van der Waals surface area contributed by atoms with Crippen LogP contribution in [0.5, 0.6) is 5.75 Å². The van der Waals surface area contributed by atoms with E-state index in [1.54, 1.807) is 13.2 Å². The Hall–Kier alpha value is -1.00. The van der Waals surface area contributed by atoms with E-state index in [0.717, 1.165) is 10.2 Å². The fourth-order valence-corrected chi connectivity index (χ4v) is 2.30. The molecule has 2 aromatic rings. The van der Waals surface area contributed by atoms with E-state index in [2.05, 4.69) is 4.98 Å². The molecule has 0 unspecified atom stereocenters. The molecule has 0 radical (unpaired) electrons. The number of ether oxygens (including phenoxy) is 1. The van der Waals surface area contributed by atoms with Gasteiger partial charge in [-0.15, -0.1) is 0 Å².